The van der Waals surface area contributed by atoms with Gasteiger partial charge in [-0.15, -0.1) is 5.10 Å². The fraction of sp³-hybridized carbons (Fsp3) is 0.0833. The van der Waals surface area contributed by atoms with Crippen LogP contribution in [0, 0.1) is 6.92 Å². The molecule has 8 nitrogen and oxygen atoms in total. The minimum atomic E-state index is -1.11. The third-order valence-corrected chi connectivity index (χ3v) is 2.93. The van der Waals surface area contributed by atoms with E-state index in [0.717, 1.165) is 4.68 Å². The van der Waals surface area contributed by atoms with Gasteiger partial charge in [-0.05, 0) is 24.6 Å². The van der Waals surface area contributed by atoms with Crippen LogP contribution >= 0.6 is 0 Å². The Morgan fingerprint density at radius 2 is 2.05 bits per heavy atom. The van der Waals surface area contributed by atoms with Gasteiger partial charge in [0.25, 0.3) is 0 Å². The topological polar surface area (TPSA) is 111 Å². The highest BCUT2D eigenvalue weighted by atomic mass is 16.6. The Bertz CT molecular complexity index is 777. The number of ether oxygens (including phenoxy) is 1. The van der Waals surface area contributed by atoms with Crippen LogP contribution in [0.3, 0.4) is 0 Å². The van der Waals surface area contributed by atoms with E-state index >= 15 is 0 Å². The number of fused-ring (bicyclic) bond motifs is 1. The van der Waals surface area contributed by atoms with E-state index in [-0.39, 0.29) is 17.0 Å². The molecular formula is C12H7N3O5. The van der Waals surface area contributed by atoms with Crippen LogP contribution in [0.2, 0.25) is 0 Å². The summed E-state index contributed by atoms with van der Waals surface area (Å²) in [5.74, 6) is -2.82. The lowest BCUT2D eigenvalue weighted by atomic mass is 10.1. The van der Waals surface area contributed by atoms with Gasteiger partial charge in [-0.1, -0.05) is 11.3 Å². The Kier molecular flexibility index (Phi) is 2.40. The predicted octanol–water partition coefficient (Wildman–Crippen LogP) is 0.585. The summed E-state index contributed by atoms with van der Waals surface area (Å²) in [6, 6.07) is 4.36. The van der Waals surface area contributed by atoms with Gasteiger partial charge in [0.05, 0.1) is 11.3 Å². The molecule has 1 aliphatic rings. The van der Waals surface area contributed by atoms with Crippen molar-refractivity contribution in [2.45, 2.75) is 6.92 Å². The first-order chi connectivity index (χ1) is 9.49. The minimum Gasteiger partial charge on any atom is -0.478 e. The zero-order chi connectivity index (χ0) is 14.4. The molecule has 2 aromatic rings. The van der Waals surface area contributed by atoms with Crippen molar-refractivity contribution in [2.24, 2.45) is 0 Å². The molecule has 1 aromatic carbocycles. The van der Waals surface area contributed by atoms with Gasteiger partial charge in [-0.2, -0.15) is 0 Å². The number of nitrogens with zero attached hydrogens (tertiary/aromatic N) is 3. The molecule has 1 aliphatic heterocycles. The Balaban J connectivity index is 2.23. The first-order valence-electron chi connectivity index (χ1n) is 5.55. The molecule has 3 rings (SSSR count). The number of aromatic carboxylic acids is 1. The van der Waals surface area contributed by atoms with Crippen molar-refractivity contribution >= 4 is 17.9 Å². The Labute approximate surface area is 111 Å². The van der Waals surface area contributed by atoms with E-state index in [4.69, 9.17) is 5.11 Å². The molecule has 0 spiro atoms. The monoisotopic (exact) mass is 273 g/mol. The van der Waals surface area contributed by atoms with Crippen LogP contribution in [-0.4, -0.2) is 38.0 Å². The zero-order valence-corrected chi connectivity index (χ0v) is 10.2. The van der Waals surface area contributed by atoms with Gasteiger partial charge in [0.15, 0.2) is 5.69 Å². The molecule has 0 fully saturated rings. The van der Waals surface area contributed by atoms with Gasteiger partial charge < -0.3 is 9.84 Å². The van der Waals surface area contributed by atoms with Gasteiger partial charge in [-0.3, -0.25) is 0 Å². The van der Waals surface area contributed by atoms with Crippen molar-refractivity contribution in [1.82, 2.24) is 15.0 Å². The molecule has 0 bridgehead atoms. The quantitative estimate of drug-likeness (QED) is 0.629. The lowest BCUT2D eigenvalue weighted by Crippen LogP contribution is -2.10. The number of carboxylic acids is 1. The van der Waals surface area contributed by atoms with E-state index in [2.05, 4.69) is 15.0 Å². The van der Waals surface area contributed by atoms with Gasteiger partial charge in [0.1, 0.15) is 0 Å². The average Bonchev–Trinajstić information content (AvgIpc) is 2.93. The molecule has 20 heavy (non-hydrogen) atoms. The summed E-state index contributed by atoms with van der Waals surface area (Å²) in [5, 5.41) is 16.3. The number of aryl methyl sites for hydroxylation is 1. The summed E-state index contributed by atoms with van der Waals surface area (Å²) in [6.45, 7) is 1.72. The number of carbonyl (C=O) groups is 3. The maximum atomic E-state index is 11.6. The smallest absolute Gasteiger partial charge is 0.369 e. The average molecular weight is 273 g/mol. The maximum Gasteiger partial charge on any atom is 0.369 e. The van der Waals surface area contributed by atoms with Crippen molar-refractivity contribution in [1.29, 1.82) is 0 Å². The molecule has 1 aromatic heterocycles. The van der Waals surface area contributed by atoms with E-state index in [1.807, 2.05) is 0 Å². The van der Waals surface area contributed by atoms with Crippen LogP contribution in [0.5, 0.6) is 0 Å². The molecule has 0 aliphatic carbocycles. The first-order valence-corrected chi connectivity index (χ1v) is 5.55. The van der Waals surface area contributed by atoms with Crippen molar-refractivity contribution < 1.29 is 24.2 Å². The Hall–Kier alpha value is -3.03. The largest absolute Gasteiger partial charge is 0.478 e. The van der Waals surface area contributed by atoms with E-state index < -0.39 is 17.9 Å². The summed E-state index contributed by atoms with van der Waals surface area (Å²) in [6.07, 6.45) is 0. The number of aromatic nitrogens is 3. The molecular weight excluding hydrogens is 266 g/mol. The van der Waals surface area contributed by atoms with Crippen LogP contribution in [0.15, 0.2) is 18.2 Å². The number of rotatable bonds is 2. The van der Waals surface area contributed by atoms with Gasteiger partial charge >= 0.3 is 17.9 Å². The molecule has 2 heterocycles. The standard InChI is InChI=1S/C12H7N3O5/c1-5-2-3-6(10(16)17)4-7(5)15-9-8(13-14-15)11(18)20-12(9)19/h2-4H,1H3,(H,16,17). The fourth-order valence-electron chi connectivity index (χ4n) is 1.92. The molecule has 0 amide bonds. The van der Waals surface area contributed by atoms with E-state index in [0.29, 0.717) is 11.3 Å². The molecule has 1 N–H and O–H groups in total. The molecule has 0 radical (unpaired) electrons. The molecule has 0 saturated carbocycles. The fourth-order valence-corrected chi connectivity index (χ4v) is 1.92. The second-order valence-corrected chi connectivity index (χ2v) is 4.18. The number of hydrogen-bond acceptors (Lipinski definition) is 6. The molecule has 0 unspecified atom stereocenters. The van der Waals surface area contributed by atoms with Gasteiger partial charge in [0.2, 0.25) is 5.69 Å². The normalized spacial score (nSPS) is 13.2. The SMILES string of the molecule is Cc1ccc(C(=O)O)cc1-n1nnc2c1C(=O)OC2=O. The van der Waals surface area contributed by atoms with Crippen LogP contribution in [0.4, 0.5) is 0 Å². The zero-order valence-electron chi connectivity index (χ0n) is 10.2. The summed E-state index contributed by atoms with van der Waals surface area (Å²) in [7, 11) is 0. The van der Waals surface area contributed by atoms with Crippen molar-refractivity contribution in [3.05, 3.63) is 40.7 Å². The third kappa shape index (κ3) is 1.58. The Morgan fingerprint density at radius 3 is 2.75 bits per heavy atom. The van der Waals surface area contributed by atoms with Crippen molar-refractivity contribution in [2.75, 3.05) is 0 Å². The van der Waals surface area contributed by atoms with Crippen LogP contribution in [0.25, 0.3) is 5.69 Å². The number of hydrogen-bond donors (Lipinski definition) is 1. The molecule has 0 atom stereocenters. The maximum absolute atomic E-state index is 11.6. The van der Waals surface area contributed by atoms with Crippen LogP contribution < -0.4 is 0 Å². The highest BCUT2D eigenvalue weighted by Crippen LogP contribution is 2.23. The number of esters is 2. The second-order valence-electron chi connectivity index (χ2n) is 4.18. The number of cyclic esters (lactones) is 2. The second kappa shape index (κ2) is 3.98. The van der Waals surface area contributed by atoms with Crippen LogP contribution in [-0.2, 0) is 4.74 Å². The number of carbonyl (C=O) groups excluding carboxylic acids is 2. The minimum absolute atomic E-state index is 0.0348. The molecule has 0 saturated heterocycles. The molecule has 8 heteroatoms. The first kappa shape index (κ1) is 12.0. The predicted molar refractivity (Wildman–Crippen MR) is 62.8 cm³/mol. The Morgan fingerprint density at radius 1 is 1.30 bits per heavy atom. The van der Waals surface area contributed by atoms with Gasteiger partial charge in [0, 0.05) is 0 Å². The summed E-state index contributed by atoms with van der Waals surface area (Å²) >= 11 is 0. The summed E-state index contributed by atoms with van der Waals surface area (Å²) < 4.78 is 5.55. The van der Waals surface area contributed by atoms with E-state index in [1.165, 1.54) is 12.1 Å². The lowest BCUT2D eigenvalue weighted by molar-refractivity contribution is 0.0433. The van der Waals surface area contributed by atoms with Crippen molar-refractivity contribution in [3.63, 3.8) is 0 Å². The number of benzene rings is 1. The highest BCUT2D eigenvalue weighted by molar-refractivity contribution is 6.12. The van der Waals surface area contributed by atoms with Crippen LogP contribution in [0.1, 0.15) is 36.9 Å². The van der Waals surface area contributed by atoms with Gasteiger partial charge in [-0.25, -0.2) is 19.1 Å². The van der Waals surface area contributed by atoms with Crippen molar-refractivity contribution in [3.8, 4) is 5.69 Å². The van der Waals surface area contributed by atoms with E-state index in [1.54, 1.807) is 13.0 Å². The third-order valence-electron chi connectivity index (χ3n) is 2.93. The molecule has 100 valence electrons. The number of carboxylic acid groups (broad SMARTS) is 1. The highest BCUT2D eigenvalue weighted by Gasteiger charge is 2.37. The van der Waals surface area contributed by atoms with E-state index in [9.17, 15) is 14.4 Å². The lowest BCUT2D eigenvalue weighted by Gasteiger charge is -2.07. The summed E-state index contributed by atoms with van der Waals surface area (Å²) in [4.78, 5) is 33.9. The summed E-state index contributed by atoms with van der Waals surface area (Å²) in [5.41, 5.74) is 0.795.